The molecule has 0 aromatic heterocycles. The second-order valence-corrected chi connectivity index (χ2v) is 7.39. The molecule has 2 aliphatic heterocycles. The van der Waals surface area contributed by atoms with Crippen molar-refractivity contribution in [2.75, 3.05) is 46.3 Å². The van der Waals surface area contributed by atoms with Crippen molar-refractivity contribution in [3.63, 3.8) is 0 Å². The van der Waals surface area contributed by atoms with Gasteiger partial charge in [0.15, 0.2) is 5.96 Å². The Labute approximate surface area is 187 Å². The third-order valence-electron chi connectivity index (χ3n) is 5.27. The molecule has 2 heterocycles. The van der Waals surface area contributed by atoms with Gasteiger partial charge < -0.3 is 15.1 Å². The zero-order valence-electron chi connectivity index (χ0n) is 16.6. The van der Waals surface area contributed by atoms with Crippen LogP contribution in [0.25, 0.3) is 0 Å². The Morgan fingerprint density at radius 1 is 1.24 bits per heavy atom. The van der Waals surface area contributed by atoms with Crippen molar-refractivity contribution in [3.05, 3.63) is 35.4 Å². The molecule has 0 amide bonds. The molecule has 1 atom stereocenters. The molecule has 0 saturated carbocycles. The van der Waals surface area contributed by atoms with Crippen molar-refractivity contribution < 1.29 is 13.2 Å². The summed E-state index contributed by atoms with van der Waals surface area (Å²) in [6.07, 6.45) is -0.569. The summed E-state index contributed by atoms with van der Waals surface area (Å²) < 4.78 is 38.3. The maximum absolute atomic E-state index is 12.8. The lowest BCUT2D eigenvalue weighted by atomic mass is 10.1. The molecule has 0 spiro atoms. The Hall–Kier alpha value is -1.47. The molecule has 3 rings (SSSR count). The number of aliphatic imine (C=N–C) groups is 1. The highest BCUT2D eigenvalue weighted by Crippen LogP contribution is 2.29. The minimum atomic E-state index is -4.35. The fraction of sp³-hybridized carbons (Fsp3) is 0.571. The second-order valence-electron chi connectivity index (χ2n) is 7.39. The molecule has 1 aromatic carbocycles. The maximum atomic E-state index is 12.8. The zero-order valence-corrected chi connectivity index (χ0v) is 19.0. The fourth-order valence-corrected chi connectivity index (χ4v) is 3.88. The zero-order chi connectivity index (χ0) is 20.0. The standard InChI is InChI=1S/C21H27F3N4.HI/c1-25-20(28-13-9-18(16-28)15-27-11-2-3-12-27)26-10-5-7-17-6-4-8-19(14-17)21(22,23)24;/h4,6,8,14,18H,2-3,9-13,15-16H2,1H3,(H,25,26);1H. The summed E-state index contributed by atoms with van der Waals surface area (Å²) in [5.74, 6) is 7.15. The number of alkyl halides is 3. The molecule has 160 valence electrons. The van der Waals surface area contributed by atoms with Crippen molar-refractivity contribution in [1.82, 2.24) is 15.1 Å². The highest BCUT2D eigenvalue weighted by molar-refractivity contribution is 14.0. The van der Waals surface area contributed by atoms with Crippen molar-refractivity contribution >= 4 is 29.9 Å². The first kappa shape index (κ1) is 23.8. The van der Waals surface area contributed by atoms with E-state index in [1.165, 1.54) is 32.0 Å². The molecule has 2 saturated heterocycles. The smallest absolute Gasteiger partial charge is 0.345 e. The molecule has 2 fully saturated rings. The van der Waals surface area contributed by atoms with Gasteiger partial charge in [-0.25, -0.2) is 0 Å². The van der Waals surface area contributed by atoms with E-state index in [4.69, 9.17) is 0 Å². The molecule has 0 aliphatic carbocycles. The van der Waals surface area contributed by atoms with E-state index < -0.39 is 11.7 Å². The van der Waals surface area contributed by atoms with Gasteiger partial charge in [0, 0.05) is 32.2 Å². The van der Waals surface area contributed by atoms with Crippen LogP contribution in [0.1, 0.15) is 30.4 Å². The Morgan fingerprint density at radius 3 is 2.69 bits per heavy atom. The second kappa shape index (κ2) is 11.1. The highest BCUT2D eigenvalue weighted by Gasteiger charge is 2.30. The number of hydrogen-bond acceptors (Lipinski definition) is 2. The number of hydrogen-bond donors (Lipinski definition) is 1. The number of guanidine groups is 1. The highest BCUT2D eigenvalue weighted by atomic mass is 127. The average Bonchev–Trinajstić information content (AvgIpc) is 3.34. The van der Waals surface area contributed by atoms with Gasteiger partial charge in [-0.1, -0.05) is 17.9 Å². The van der Waals surface area contributed by atoms with Gasteiger partial charge in [0.2, 0.25) is 0 Å². The van der Waals surface area contributed by atoms with E-state index >= 15 is 0 Å². The van der Waals surface area contributed by atoms with Crippen molar-refractivity contribution in [2.24, 2.45) is 10.9 Å². The van der Waals surface area contributed by atoms with Crippen molar-refractivity contribution in [2.45, 2.75) is 25.4 Å². The van der Waals surface area contributed by atoms with Crippen LogP contribution in [-0.2, 0) is 6.18 Å². The largest absolute Gasteiger partial charge is 0.416 e. The predicted molar refractivity (Wildman–Crippen MR) is 120 cm³/mol. The first-order valence-electron chi connectivity index (χ1n) is 9.80. The van der Waals surface area contributed by atoms with Gasteiger partial charge in [0.1, 0.15) is 0 Å². The first-order chi connectivity index (χ1) is 13.5. The molecule has 1 aromatic rings. The average molecular weight is 520 g/mol. The van der Waals surface area contributed by atoms with Crippen LogP contribution in [0.3, 0.4) is 0 Å². The normalized spacial score (nSPS) is 20.2. The van der Waals surface area contributed by atoms with Crippen molar-refractivity contribution in [1.29, 1.82) is 0 Å². The SMILES string of the molecule is CN=C(NCC#Cc1cccc(C(F)(F)F)c1)N1CCC(CN2CCCC2)C1.I. The predicted octanol–water partition coefficient (Wildman–Crippen LogP) is 3.67. The van der Waals surface area contributed by atoms with Gasteiger partial charge in [-0.05, 0) is 56.5 Å². The van der Waals surface area contributed by atoms with Crippen LogP contribution in [0.2, 0.25) is 0 Å². The first-order valence-corrected chi connectivity index (χ1v) is 9.80. The van der Waals surface area contributed by atoms with Crippen LogP contribution in [-0.4, -0.2) is 62.1 Å². The lowest BCUT2D eigenvalue weighted by molar-refractivity contribution is -0.137. The van der Waals surface area contributed by atoms with Crippen LogP contribution >= 0.6 is 24.0 Å². The summed E-state index contributed by atoms with van der Waals surface area (Å²) in [5.41, 5.74) is -0.317. The van der Waals surface area contributed by atoms with Crippen LogP contribution in [0.5, 0.6) is 0 Å². The fourth-order valence-electron chi connectivity index (χ4n) is 3.88. The van der Waals surface area contributed by atoms with Gasteiger partial charge in [-0.2, -0.15) is 13.2 Å². The maximum Gasteiger partial charge on any atom is 0.416 e. The third kappa shape index (κ3) is 7.07. The quantitative estimate of drug-likeness (QED) is 0.286. The number of likely N-dealkylation sites (tertiary alicyclic amines) is 2. The molecular formula is C21H28F3IN4. The molecule has 29 heavy (non-hydrogen) atoms. The van der Waals surface area contributed by atoms with Crippen LogP contribution in [0.15, 0.2) is 29.3 Å². The van der Waals surface area contributed by atoms with E-state index in [2.05, 4.69) is 31.9 Å². The lowest BCUT2D eigenvalue weighted by Gasteiger charge is -2.22. The summed E-state index contributed by atoms with van der Waals surface area (Å²) in [6, 6.07) is 5.09. The summed E-state index contributed by atoms with van der Waals surface area (Å²) in [5, 5.41) is 3.21. The molecule has 8 heteroatoms. The van der Waals surface area contributed by atoms with E-state index in [1.54, 1.807) is 13.1 Å². The van der Waals surface area contributed by atoms with Crippen LogP contribution in [0, 0.1) is 17.8 Å². The van der Waals surface area contributed by atoms with Gasteiger partial charge >= 0.3 is 6.18 Å². The molecule has 1 N–H and O–H groups in total. The van der Waals surface area contributed by atoms with E-state index in [0.717, 1.165) is 44.1 Å². The molecular weight excluding hydrogens is 492 g/mol. The van der Waals surface area contributed by atoms with E-state index in [0.29, 0.717) is 18.0 Å². The Balaban J connectivity index is 0.00000300. The van der Waals surface area contributed by atoms with E-state index in [1.807, 2.05) is 0 Å². The number of nitrogens with zero attached hydrogens (tertiary/aromatic N) is 3. The molecule has 1 unspecified atom stereocenters. The van der Waals surface area contributed by atoms with Crippen LogP contribution in [0.4, 0.5) is 13.2 Å². The van der Waals surface area contributed by atoms with Gasteiger partial charge in [-0.15, -0.1) is 24.0 Å². The minimum absolute atomic E-state index is 0. The third-order valence-corrected chi connectivity index (χ3v) is 5.27. The summed E-state index contributed by atoms with van der Waals surface area (Å²) in [6.45, 7) is 5.89. The van der Waals surface area contributed by atoms with Gasteiger partial charge in [0.05, 0.1) is 12.1 Å². The topological polar surface area (TPSA) is 30.9 Å². The monoisotopic (exact) mass is 520 g/mol. The lowest BCUT2D eigenvalue weighted by Crippen LogP contribution is -2.40. The summed E-state index contributed by atoms with van der Waals surface area (Å²) in [4.78, 5) is 9.12. The van der Waals surface area contributed by atoms with Crippen LogP contribution < -0.4 is 5.32 Å². The molecule has 4 nitrogen and oxygen atoms in total. The molecule has 2 aliphatic rings. The van der Waals surface area contributed by atoms with E-state index in [9.17, 15) is 13.2 Å². The number of rotatable bonds is 3. The van der Waals surface area contributed by atoms with Gasteiger partial charge in [-0.3, -0.25) is 4.99 Å². The van der Waals surface area contributed by atoms with Gasteiger partial charge in [0.25, 0.3) is 0 Å². The number of halogens is 4. The summed E-state index contributed by atoms with van der Waals surface area (Å²) in [7, 11) is 1.75. The van der Waals surface area contributed by atoms with E-state index in [-0.39, 0.29) is 24.0 Å². The molecule has 0 bridgehead atoms. The molecule has 0 radical (unpaired) electrons. The van der Waals surface area contributed by atoms with Crippen molar-refractivity contribution in [3.8, 4) is 11.8 Å². The number of nitrogens with one attached hydrogen (secondary N) is 1. The number of benzene rings is 1. The summed E-state index contributed by atoms with van der Waals surface area (Å²) >= 11 is 0. The Kier molecular flexibility index (Phi) is 9.08. The Bertz CT molecular complexity index is 748. The Morgan fingerprint density at radius 2 is 2.00 bits per heavy atom. The minimum Gasteiger partial charge on any atom is -0.345 e.